The number of nitriles is 1. The number of nitrogens with zero attached hydrogens (tertiary/aromatic N) is 3. The van der Waals surface area contributed by atoms with Gasteiger partial charge in [-0.05, 0) is 36.4 Å². The Kier molecular flexibility index (Phi) is 5.89. The number of nitrogens with one attached hydrogen (secondary N) is 1. The molecule has 1 amide bonds. The summed E-state index contributed by atoms with van der Waals surface area (Å²) in [6, 6.07) is 12.0. The predicted molar refractivity (Wildman–Crippen MR) is 104 cm³/mol. The van der Waals surface area contributed by atoms with Crippen LogP contribution in [0.2, 0.25) is 5.02 Å². The Morgan fingerprint density at radius 1 is 1.20 bits per heavy atom. The summed E-state index contributed by atoms with van der Waals surface area (Å²) in [5.41, 5.74) is -1.28. The van der Waals surface area contributed by atoms with Crippen molar-refractivity contribution in [2.45, 2.75) is 12.7 Å². The summed E-state index contributed by atoms with van der Waals surface area (Å²) in [7, 11) is 0. The molecule has 3 aromatic rings. The molecule has 0 aliphatic carbocycles. The average Bonchev–Trinajstić information content (AvgIpc) is 2.69. The number of carbonyl (C=O) groups is 1. The van der Waals surface area contributed by atoms with Gasteiger partial charge in [-0.2, -0.15) is 18.4 Å². The number of carbonyl (C=O) groups excluding carboxylic acids is 1. The second-order valence-corrected chi connectivity index (χ2v) is 6.57. The Bertz CT molecular complexity index is 1200. The number of aromatic nitrogens is 2. The van der Waals surface area contributed by atoms with E-state index in [-0.39, 0.29) is 17.1 Å². The average molecular weight is 433 g/mol. The third-order valence-electron chi connectivity index (χ3n) is 4.05. The van der Waals surface area contributed by atoms with Crippen LogP contribution in [-0.4, -0.2) is 15.5 Å². The molecule has 0 atom stereocenters. The second kappa shape index (κ2) is 8.39. The number of hydrogen-bond donors (Lipinski definition) is 1. The molecule has 152 valence electrons. The molecule has 30 heavy (non-hydrogen) atoms. The smallest absolute Gasteiger partial charge is 0.325 e. The zero-order chi connectivity index (χ0) is 21.9. The molecule has 2 aromatic carbocycles. The summed E-state index contributed by atoms with van der Waals surface area (Å²) in [4.78, 5) is 29.1. The molecule has 0 fully saturated rings. The normalized spacial score (nSPS) is 11.0. The highest BCUT2D eigenvalue weighted by Gasteiger charge is 2.30. The first-order valence-corrected chi connectivity index (χ1v) is 8.80. The molecule has 0 unspecified atom stereocenters. The van der Waals surface area contributed by atoms with Crippen LogP contribution in [0.5, 0.6) is 0 Å². The molecule has 1 heterocycles. The van der Waals surface area contributed by atoms with Crippen LogP contribution < -0.4 is 10.9 Å². The van der Waals surface area contributed by atoms with Gasteiger partial charge in [-0.15, -0.1) is 0 Å². The van der Waals surface area contributed by atoms with E-state index in [4.69, 9.17) is 16.9 Å². The molecule has 0 saturated heterocycles. The number of halogens is 4. The van der Waals surface area contributed by atoms with Gasteiger partial charge >= 0.3 is 6.18 Å². The molecule has 10 heteroatoms. The molecule has 0 saturated carbocycles. The van der Waals surface area contributed by atoms with Gasteiger partial charge in [-0.1, -0.05) is 23.7 Å². The summed E-state index contributed by atoms with van der Waals surface area (Å²) >= 11 is 5.98. The van der Waals surface area contributed by atoms with Gasteiger partial charge in [0.05, 0.1) is 11.8 Å². The summed E-state index contributed by atoms with van der Waals surface area (Å²) in [5, 5.41) is 11.9. The lowest BCUT2D eigenvalue weighted by Gasteiger charge is -2.13. The lowest BCUT2D eigenvalue weighted by molar-refractivity contribution is -0.137. The van der Waals surface area contributed by atoms with Crippen molar-refractivity contribution in [1.82, 2.24) is 9.55 Å². The summed E-state index contributed by atoms with van der Waals surface area (Å²) in [5.74, 6) is -0.568. The van der Waals surface area contributed by atoms with Gasteiger partial charge in [-0.25, -0.2) is 4.98 Å². The van der Waals surface area contributed by atoms with E-state index >= 15 is 0 Å². The molecule has 1 aromatic heterocycles. The zero-order valence-electron chi connectivity index (χ0n) is 15.1. The van der Waals surface area contributed by atoms with E-state index in [0.717, 1.165) is 35.0 Å². The van der Waals surface area contributed by atoms with Crippen LogP contribution in [0.4, 0.5) is 18.9 Å². The number of alkyl halides is 3. The van der Waals surface area contributed by atoms with Crippen molar-refractivity contribution in [3.8, 4) is 17.5 Å². The molecule has 1 N–H and O–H groups in total. The minimum Gasteiger partial charge on any atom is -0.325 e. The number of rotatable bonds is 4. The van der Waals surface area contributed by atoms with Gasteiger partial charge in [0, 0.05) is 16.3 Å². The standard InChI is InChI=1S/C20H12ClF3N4O2/c21-15-3-1-2-12(8-15)18-26-10-13(9-25)19(30)28(18)11-17(29)27-16-6-4-14(5-7-16)20(22,23)24/h1-8,10H,11H2,(H,27,29). The minimum atomic E-state index is -4.49. The Morgan fingerprint density at radius 3 is 2.50 bits per heavy atom. The van der Waals surface area contributed by atoms with Crippen LogP contribution in [0.15, 0.2) is 59.5 Å². The van der Waals surface area contributed by atoms with Gasteiger partial charge in [0.15, 0.2) is 0 Å². The SMILES string of the molecule is N#Cc1cnc(-c2cccc(Cl)c2)n(CC(=O)Nc2ccc(C(F)(F)F)cc2)c1=O. The second-order valence-electron chi connectivity index (χ2n) is 6.13. The topological polar surface area (TPSA) is 87.8 Å². The maximum absolute atomic E-state index is 12.7. The molecule has 0 aliphatic heterocycles. The lowest BCUT2D eigenvalue weighted by Crippen LogP contribution is -2.31. The van der Waals surface area contributed by atoms with E-state index in [1.807, 2.05) is 0 Å². The molecule has 0 bridgehead atoms. The van der Waals surface area contributed by atoms with Gasteiger partial charge in [-0.3, -0.25) is 14.2 Å². The third-order valence-corrected chi connectivity index (χ3v) is 4.28. The number of hydrogen-bond acceptors (Lipinski definition) is 4. The van der Waals surface area contributed by atoms with E-state index in [9.17, 15) is 22.8 Å². The predicted octanol–water partition coefficient (Wildman–Crippen LogP) is 4.09. The quantitative estimate of drug-likeness (QED) is 0.672. The van der Waals surface area contributed by atoms with E-state index < -0.39 is 29.8 Å². The maximum atomic E-state index is 12.7. The summed E-state index contributed by atoms with van der Waals surface area (Å²) in [6.07, 6.45) is -3.39. The van der Waals surface area contributed by atoms with Crippen LogP contribution in [0.25, 0.3) is 11.4 Å². The number of amides is 1. The largest absolute Gasteiger partial charge is 0.416 e. The van der Waals surface area contributed by atoms with Crippen molar-refractivity contribution in [3.05, 3.63) is 81.2 Å². The fraction of sp³-hybridized carbons (Fsp3) is 0.100. The first-order chi connectivity index (χ1) is 14.2. The fourth-order valence-corrected chi connectivity index (χ4v) is 2.85. The Morgan fingerprint density at radius 2 is 1.90 bits per heavy atom. The van der Waals surface area contributed by atoms with Crippen LogP contribution >= 0.6 is 11.6 Å². The maximum Gasteiger partial charge on any atom is 0.416 e. The van der Waals surface area contributed by atoms with Gasteiger partial charge in [0.1, 0.15) is 24.0 Å². The van der Waals surface area contributed by atoms with Crippen LogP contribution in [0.3, 0.4) is 0 Å². The van der Waals surface area contributed by atoms with Crippen molar-refractivity contribution in [2.24, 2.45) is 0 Å². The first-order valence-electron chi connectivity index (χ1n) is 8.42. The van der Waals surface area contributed by atoms with Crippen molar-refractivity contribution in [1.29, 1.82) is 5.26 Å². The van der Waals surface area contributed by atoms with E-state index in [0.29, 0.717) is 10.6 Å². The zero-order valence-corrected chi connectivity index (χ0v) is 15.8. The number of anilines is 1. The minimum absolute atomic E-state index is 0.115. The number of benzene rings is 2. The molecular formula is C20H12ClF3N4O2. The Labute approximate surface area is 173 Å². The third kappa shape index (κ3) is 4.67. The van der Waals surface area contributed by atoms with E-state index in [1.165, 1.54) is 0 Å². The van der Waals surface area contributed by atoms with Crippen LogP contribution in [0, 0.1) is 11.3 Å². The molecule has 6 nitrogen and oxygen atoms in total. The fourth-order valence-electron chi connectivity index (χ4n) is 2.66. The molecule has 0 spiro atoms. The highest BCUT2D eigenvalue weighted by Crippen LogP contribution is 2.29. The van der Waals surface area contributed by atoms with Crippen LogP contribution in [0.1, 0.15) is 11.1 Å². The van der Waals surface area contributed by atoms with Gasteiger partial charge in [0.25, 0.3) is 5.56 Å². The van der Waals surface area contributed by atoms with Crippen LogP contribution in [-0.2, 0) is 17.5 Å². The highest BCUT2D eigenvalue weighted by molar-refractivity contribution is 6.30. The first kappa shape index (κ1) is 21.1. The summed E-state index contributed by atoms with van der Waals surface area (Å²) < 4.78 is 39.0. The van der Waals surface area contributed by atoms with Crippen molar-refractivity contribution < 1.29 is 18.0 Å². The van der Waals surface area contributed by atoms with Crippen molar-refractivity contribution in [2.75, 3.05) is 5.32 Å². The monoisotopic (exact) mass is 432 g/mol. The van der Waals surface area contributed by atoms with E-state index in [1.54, 1.807) is 30.3 Å². The lowest BCUT2D eigenvalue weighted by atomic mass is 10.2. The molecular weight excluding hydrogens is 421 g/mol. The molecule has 3 rings (SSSR count). The highest BCUT2D eigenvalue weighted by atomic mass is 35.5. The van der Waals surface area contributed by atoms with E-state index in [2.05, 4.69) is 10.3 Å². The van der Waals surface area contributed by atoms with Gasteiger partial charge in [0.2, 0.25) is 5.91 Å². The Balaban J connectivity index is 1.91. The van der Waals surface area contributed by atoms with Gasteiger partial charge < -0.3 is 5.32 Å². The van der Waals surface area contributed by atoms with Crippen molar-refractivity contribution in [3.63, 3.8) is 0 Å². The molecule has 0 radical (unpaired) electrons. The Hall–Kier alpha value is -3.64. The molecule has 0 aliphatic rings. The van der Waals surface area contributed by atoms with Crippen molar-refractivity contribution >= 4 is 23.2 Å². The summed E-state index contributed by atoms with van der Waals surface area (Å²) in [6.45, 7) is -0.510.